The van der Waals surface area contributed by atoms with Gasteiger partial charge in [-0.15, -0.1) is 0 Å². The Labute approximate surface area is 121 Å². The lowest BCUT2D eigenvalue weighted by Gasteiger charge is -2.28. The lowest BCUT2D eigenvalue weighted by atomic mass is 9.97. The van der Waals surface area contributed by atoms with E-state index in [-0.39, 0.29) is 11.4 Å². The van der Waals surface area contributed by atoms with Gasteiger partial charge in [0.1, 0.15) is 0 Å². The highest BCUT2D eigenvalue weighted by Crippen LogP contribution is 2.22. The van der Waals surface area contributed by atoms with Crippen LogP contribution in [0.25, 0.3) is 5.57 Å². The van der Waals surface area contributed by atoms with Crippen LogP contribution in [0.5, 0.6) is 0 Å². The average Bonchev–Trinajstić information content (AvgIpc) is 2.45. The summed E-state index contributed by atoms with van der Waals surface area (Å²) in [7, 11) is 0. The van der Waals surface area contributed by atoms with E-state index in [1.807, 2.05) is 24.8 Å². The Morgan fingerprint density at radius 3 is 2.55 bits per heavy atom. The number of amides is 1. The molecule has 1 aromatic rings. The predicted octanol–water partition coefficient (Wildman–Crippen LogP) is 2.82. The third-order valence-corrected chi connectivity index (χ3v) is 3.69. The van der Waals surface area contributed by atoms with Gasteiger partial charge < -0.3 is 10.6 Å². The van der Waals surface area contributed by atoms with Gasteiger partial charge in [-0.3, -0.25) is 4.79 Å². The number of benzene rings is 1. The van der Waals surface area contributed by atoms with Crippen molar-refractivity contribution in [3.63, 3.8) is 0 Å². The summed E-state index contributed by atoms with van der Waals surface area (Å²) < 4.78 is 0. The second kappa shape index (κ2) is 6.23. The number of nitrogens with two attached hydrogens (primary N) is 1. The van der Waals surface area contributed by atoms with E-state index in [9.17, 15) is 4.79 Å². The van der Waals surface area contributed by atoms with Crippen molar-refractivity contribution in [1.82, 2.24) is 4.90 Å². The van der Waals surface area contributed by atoms with Crippen molar-refractivity contribution >= 4 is 11.5 Å². The van der Waals surface area contributed by atoms with Crippen molar-refractivity contribution in [2.75, 3.05) is 13.1 Å². The van der Waals surface area contributed by atoms with Crippen LogP contribution in [0.1, 0.15) is 38.7 Å². The molecule has 1 aromatic carbocycles. The summed E-state index contributed by atoms with van der Waals surface area (Å²) in [5.74, 6) is 0.215. The van der Waals surface area contributed by atoms with Crippen LogP contribution in [0, 0.1) is 0 Å². The van der Waals surface area contributed by atoms with E-state index < -0.39 is 0 Å². The van der Waals surface area contributed by atoms with E-state index in [4.69, 9.17) is 5.73 Å². The van der Waals surface area contributed by atoms with Gasteiger partial charge in [0.2, 0.25) is 5.91 Å². The summed E-state index contributed by atoms with van der Waals surface area (Å²) in [6.45, 7) is 5.45. The number of carbonyl (C=O) groups excluding carboxylic acids is 1. The molecule has 0 atom stereocenters. The van der Waals surface area contributed by atoms with E-state index in [1.165, 1.54) is 11.1 Å². The first kappa shape index (κ1) is 14.8. The highest BCUT2D eigenvalue weighted by molar-refractivity contribution is 5.78. The van der Waals surface area contributed by atoms with Gasteiger partial charge >= 0.3 is 0 Å². The second-order valence-corrected chi connectivity index (χ2v) is 6.17. The van der Waals surface area contributed by atoms with E-state index in [0.717, 1.165) is 19.4 Å². The number of rotatable bonds is 4. The summed E-state index contributed by atoms with van der Waals surface area (Å²) in [6.07, 6.45) is 4.38. The fraction of sp³-hybridized carbons (Fsp3) is 0.471. The molecule has 0 bridgehead atoms. The largest absolute Gasteiger partial charge is 0.339 e. The first-order valence-electron chi connectivity index (χ1n) is 7.27. The maximum Gasteiger partial charge on any atom is 0.222 e. The van der Waals surface area contributed by atoms with Gasteiger partial charge in [-0.1, -0.05) is 36.4 Å². The molecule has 1 aliphatic heterocycles. The zero-order chi connectivity index (χ0) is 14.6. The Bertz CT molecular complexity index is 485. The number of carbonyl (C=O) groups is 1. The van der Waals surface area contributed by atoms with Crippen LogP contribution in [-0.2, 0) is 4.79 Å². The molecule has 0 spiro atoms. The van der Waals surface area contributed by atoms with Gasteiger partial charge in [0.25, 0.3) is 0 Å². The SMILES string of the molecule is CC(C)(N)CCC(=O)N1CC=C(c2ccccc2)CC1. The zero-order valence-electron chi connectivity index (χ0n) is 12.4. The van der Waals surface area contributed by atoms with Crippen LogP contribution in [0.4, 0.5) is 0 Å². The first-order chi connectivity index (χ1) is 9.46. The lowest BCUT2D eigenvalue weighted by molar-refractivity contribution is -0.131. The molecule has 0 aromatic heterocycles. The molecule has 1 amide bonds. The molecule has 2 N–H and O–H groups in total. The molecule has 0 saturated heterocycles. The topological polar surface area (TPSA) is 46.3 Å². The van der Waals surface area contributed by atoms with Gasteiger partial charge in [-0.25, -0.2) is 0 Å². The molecule has 1 aliphatic rings. The van der Waals surface area contributed by atoms with Crippen LogP contribution in [0.3, 0.4) is 0 Å². The van der Waals surface area contributed by atoms with Crippen LogP contribution >= 0.6 is 0 Å². The molecule has 0 fully saturated rings. The molecule has 0 radical (unpaired) electrons. The Morgan fingerprint density at radius 1 is 1.30 bits per heavy atom. The van der Waals surface area contributed by atoms with Gasteiger partial charge in [0, 0.05) is 25.0 Å². The molecular weight excluding hydrogens is 248 g/mol. The zero-order valence-corrected chi connectivity index (χ0v) is 12.4. The molecule has 3 nitrogen and oxygen atoms in total. The number of hydrogen-bond donors (Lipinski definition) is 1. The summed E-state index contributed by atoms with van der Waals surface area (Å²) in [4.78, 5) is 14.1. The predicted molar refractivity (Wildman–Crippen MR) is 83.1 cm³/mol. The molecule has 3 heteroatoms. The maximum atomic E-state index is 12.1. The van der Waals surface area contributed by atoms with Crippen molar-refractivity contribution in [3.05, 3.63) is 42.0 Å². The Kier molecular flexibility index (Phi) is 4.61. The van der Waals surface area contributed by atoms with Crippen LogP contribution in [-0.4, -0.2) is 29.4 Å². The highest BCUT2D eigenvalue weighted by atomic mass is 16.2. The lowest BCUT2D eigenvalue weighted by Crippen LogP contribution is -2.38. The third-order valence-electron chi connectivity index (χ3n) is 3.69. The number of hydrogen-bond acceptors (Lipinski definition) is 2. The maximum absolute atomic E-state index is 12.1. The second-order valence-electron chi connectivity index (χ2n) is 6.17. The quantitative estimate of drug-likeness (QED) is 0.916. The summed E-state index contributed by atoms with van der Waals surface area (Å²) >= 11 is 0. The van der Waals surface area contributed by atoms with E-state index in [2.05, 4.69) is 30.3 Å². The average molecular weight is 272 g/mol. The molecule has 0 unspecified atom stereocenters. The fourth-order valence-electron chi connectivity index (χ4n) is 2.40. The van der Waals surface area contributed by atoms with Gasteiger partial charge in [-0.05, 0) is 37.8 Å². The van der Waals surface area contributed by atoms with Crippen molar-refractivity contribution in [2.45, 2.75) is 38.6 Å². The van der Waals surface area contributed by atoms with Gasteiger partial charge in [0.15, 0.2) is 0 Å². The minimum atomic E-state index is -0.267. The minimum absolute atomic E-state index is 0.215. The third kappa shape index (κ3) is 4.20. The molecule has 0 aliphatic carbocycles. The standard InChI is InChI=1S/C17H24N2O/c1-17(2,18)11-8-16(20)19-12-9-15(10-13-19)14-6-4-3-5-7-14/h3-7,9H,8,10-13,18H2,1-2H3. The molecule has 108 valence electrons. The first-order valence-corrected chi connectivity index (χ1v) is 7.27. The van der Waals surface area contributed by atoms with Crippen molar-refractivity contribution in [2.24, 2.45) is 5.73 Å². The van der Waals surface area contributed by atoms with Gasteiger partial charge in [-0.2, -0.15) is 0 Å². The smallest absolute Gasteiger partial charge is 0.222 e. The van der Waals surface area contributed by atoms with E-state index >= 15 is 0 Å². The van der Waals surface area contributed by atoms with E-state index in [1.54, 1.807) is 0 Å². The van der Waals surface area contributed by atoms with Crippen molar-refractivity contribution < 1.29 is 4.79 Å². The fourth-order valence-corrected chi connectivity index (χ4v) is 2.40. The minimum Gasteiger partial charge on any atom is -0.339 e. The highest BCUT2D eigenvalue weighted by Gasteiger charge is 2.20. The van der Waals surface area contributed by atoms with E-state index in [0.29, 0.717) is 13.0 Å². The molecule has 2 rings (SSSR count). The monoisotopic (exact) mass is 272 g/mol. The van der Waals surface area contributed by atoms with Crippen LogP contribution in [0.15, 0.2) is 36.4 Å². The normalized spacial score (nSPS) is 15.9. The number of nitrogens with zero attached hydrogens (tertiary/aromatic N) is 1. The summed E-state index contributed by atoms with van der Waals surface area (Å²) in [5.41, 5.74) is 8.27. The van der Waals surface area contributed by atoms with Crippen LogP contribution in [0.2, 0.25) is 0 Å². The summed E-state index contributed by atoms with van der Waals surface area (Å²) in [5, 5.41) is 0. The Balaban J connectivity index is 1.90. The van der Waals surface area contributed by atoms with Gasteiger partial charge in [0.05, 0.1) is 0 Å². The van der Waals surface area contributed by atoms with Crippen LogP contribution < -0.4 is 5.73 Å². The molecule has 0 saturated carbocycles. The van der Waals surface area contributed by atoms with Crippen molar-refractivity contribution in [3.8, 4) is 0 Å². The van der Waals surface area contributed by atoms with Crippen molar-refractivity contribution in [1.29, 1.82) is 0 Å². The Morgan fingerprint density at radius 2 is 2.00 bits per heavy atom. The Hall–Kier alpha value is -1.61. The molecular formula is C17H24N2O. The molecule has 1 heterocycles. The summed E-state index contributed by atoms with van der Waals surface area (Å²) in [6, 6.07) is 10.4. The molecule has 20 heavy (non-hydrogen) atoms.